The Morgan fingerprint density at radius 1 is 1.32 bits per heavy atom. The number of amides is 2. The third-order valence-corrected chi connectivity index (χ3v) is 3.38. The van der Waals surface area contributed by atoms with E-state index in [4.69, 9.17) is 0 Å². The molecule has 1 aromatic rings. The van der Waals surface area contributed by atoms with Crippen LogP contribution in [0.3, 0.4) is 0 Å². The van der Waals surface area contributed by atoms with Gasteiger partial charge in [-0.05, 0) is 26.8 Å². The maximum absolute atomic E-state index is 13.8. The van der Waals surface area contributed by atoms with Crippen molar-refractivity contribution in [2.75, 3.05) is 6.54 Å². The number of carbonyl (C=O) groups excluding carboxylic acids is 2. The molecule has 0 spiro atoms. The average molecular weight is 264 g/mol. The molecule has 1 fully saturated rings. The summed E-state index contributed by atoms with van der Waals surface area (Å²) in [6, 6.07) is 5.83. The van der Waals surface area contributed by atoms with Crippen molar-refractivity contribution in [2.24, 2.45) is 0 Å². The highest BCUT2D eigenvalue weighted by Crippen LogP contribution is 2.26. The van der Waals surface area contributed by atoms with Crippen LogP contribution in [0.2, 0.25) is 0 Å². The number of hydrogen-bond donors (Lipinski definition) is 1. The number of nitrogens with zero attached hydrogens (tertiary/aromatic N) is 1. The fraction of sp³-hybridized carbons (Fsp3) is 0.429. The first-order chi connectivity index (χ1) is 8.83. The van der Waals surface area contributed by atoms with Crippen LogP contribution in [0.15, 0.2) is 24.3 Å². The molecule has 19 heavy (non-hydrogen) atoms. The second-order valence-corrected chi connectivity index (χ2v) is 5.30. The summed E-state index contributed by atoms with van der Waals surface area (Å²) in [6.07, 6.45) is 0. The Morgan fingerprint density at radius 2 is 1.95 bits per heavy atom. The quantitative estimate of drug-likeness (QED) is 0.882. The summed E-state index contributed by atoms with van der Waals surface area (Å²) >= 11 is 0. The molecule has 102 valence electrons. The van der Waals surface area contributed by atoms with Crippen LogP contribution >= 0.6 is 0 Å². The van der Waals surface area contributed by atoms with E-state index in [1.807, 2.05) is 0 Å². The minimum absolute atomic E-state index is 0.0439. The Kier molecular flexibility index (Phi) is 3.30. The fourth-order valence-electron chi connectivity index (χ4n) is 2.32. The highest BCUT2D eigenvalue weighted by Gasteiger charge is 2.41. The number of halogens is 1. The van der Waals surface area contributed by atoms with Crippen molar-refractivity contribution in [3.63, 3.8) is 0 Å². The zero-order valence-corrected chi connectivity index (χ0v) is 11.2. The third-order valence-electron chi connectivity index (χ3n) is 3.38. The van der Waals surface area contributed by atoms with Crippen molar-refractivity contribution < 1.29 is 14.0 Å². The molecule has 1 atom stereocenters. The van der Waals surface area contributed by atoms with Crippen LogP contribution in [0.5, 0.6) is 0 Å². The van der Waals surface area contributed by atoms with E-state index in [1.54, 1.807) is 39.0 Å². The Bertz CT molecular complexity index is 528. The summed E-state index contributed by atoms with van der Waals surface area (Å²) in [5.41, 5.74) is -0.532. The SMILES string of the molecule is CC(c1ccccc1F)N1CC(=O)NC(C)(C)C1=O. The van der Waals surface area contributed by atoms with Crippen LogP contribution in [-0.4, -0.2) is 28.8 Å². The molecule has 1 N–H and O–H groups in total. The smallest absolute Gasteiger partial charge is 0.248 e. The summed E-state index contributed by atoms with van der Waals surface area (Å²) in [7, 11) is 0. The highest BCUT2D eigenvalue weighted by molar-refractivity contribution is 5.97. The van der Waals surface area contributed by atoms with E-state index in [9.17, 15) is 14.0 Å². The predicted molar refractivity (Wildman–Crippen MR) is 68.7 cm³/mol. The van der Waals surface area contributed by atoms with Crippen LogP contribution in [0.1, 0.15) is 32.4 Å². The van der Waals surface area contributed by atoms with E-state index >= 15 is 0 Å². The molecular formula is C14H17FN2O2. The zero-order chi connectivity index (χ0) is 14.2. The zero-order valence-electron chi connectivity index (χ0n) is 11.2. The Hall–Kier alpha value is -1.91. The summed E-state index contributed by atoms with van der Waals surface area (Å²) < 4.78 is 13.8. The number of carbonyl (C=O) groups is 2. The molecule has 1 aliphatic rings. The summed E-state index contributed by atoms with van der Waals surface area (Å²) in [5.74, 6) is -0.803. The van der Waals surface area contributed by atoms with Gasteiger partial charge in [-0.25, -0.2) is 4.39 Å². The molecule has 1 aromatic carbocycles. The van der Waals surface area contributed by atoms with E-state index in [2.05, 4.69) is 5.32 Å². The van der Waals surface area contributed by atoms with Crippen molar-refractivity contribution in [1.82, 2.24) is 10.2 Å². The van der Waals surface area contributed by atoms with Crippen molar-refractivity contribution in [3.05, 3.63) is 35.6 Å². The molecule has 0 aliphatic carbocycles. The van der Waals surface area contributed by atoms with Gasteiger partial charge in [0.05, 0.1) is 6.04 Å². The lowest BCUT2D eigenvalue weighted by Crippen LogP contribution is -2.64. The average Bonchev–Trinajstić information content (AvgIpc) is 2.33. The van der Waals surface area contributed by atoms with Gasteiger partial charge in [0.2, 0.25) is 11.8 Å². The number of benzene rings is 1. The normalized spacial score (nSPS) is 20.1. The van der Waals surface area contributed by atoms with Gasteiger partial charge in [-0.3, -0.25) is 9.59 Å². The van der Waals surface area contributed by atoms with E-state index < -0.39 is 11.6 Å². The summed E-state index contributed by atoms with van der Waals surface area (Å²) in [6.45, 7) is 4.98. The maximum Gasteiger partial charge on any atom is 0.248 e. The van der Waals surface area contributed by atoms with Crippen LogP contribution in [-0.2, 0) is 9.59 Å². The number of hydrogen-bond acceptors (Lipinski definition) is 2. The maximum atomic E-state index is 13.8. The molecule has 1 heterocycles. The van der Waals surface area contributed by atoms with Gasteiger partial charge in [-0.2, -0.15) is 0 Å². The van der Waals surface area contributed by atoms with Crippen LogP contribution < -0.4 is 5.32 Å². The Morgan fingerprint density at radius 3 is 2.58 bits per heavy atom. The third kappa shape index (κ3) is 2.45. The van der Waals surface area contributed by atoms with Gasteiger partial charge >= 0.3 is 0 Å². The van der Waals surface area contributed by atoms with Crippen LogP contribution in [0, 0.1) is 5.82 Å². The molecule has 1 aliphatic heterocycles. The largest absolute Gasteiger partial charge is 0.341 e. The first-order valence-corrected chi connectivity index (χ1v) is 6.19. The number of nitrogens with one attached hydrogen (secondary N) is 1. The standard InChI is InChI=1S/C14H17FN2O2/c1-9(10-6-4-5-7-11(10)15)17-8-12(18)16-14(2,3)13(17)19/h4-7,9H,8H2,1-3H3,(H,16,18). The van der Waals surface area contributed by atoms with E-state index in [1.165, 1.54) is 11.0 Å². The fourth-order valence-corrected chi connectivity index (χ4v) is 2.32. The lowest BCUT2D eigenvalue weighted by molar-refractivity contribution is -0.150. The highest BCUT2D eigenvalue weighted by atomic mass is 19.1. The van der Waals surface area contributed by atoms with Gasteiger partial charge in [-0.15, -0.1) is 0 Å². The van der Waals surface area contributed by atoms with Crippen LogP contribution in [0.25, 0.3) is 0 Å². The first-order valence-electron chi connectivity index (χ1n) is 6.19. The van der Waals surface area contributed by atoms with Crippen molar-refractivity contribution in [3.8, 4) is 0 Å². The van der Waals surface area contributed by atoms with E-state index in [0.29, 0.717) is 5.56 Å². The van der Waals surface area contributed by atoms with Crippen molar-refractivity contribution in [2.45, 2.75) is 32.4 Å². The lowest BCUT2D eigenvalue weighted by Gasteiger charge is -2.40. The molecule has 4 nitrogen and oxygen atoms in total. The number of piperazine rings is 1. The minimum atomic E-state index is -0.950. The summed E-state index contributed by atoms with van der Waals surface area (Å²) in [4.78, 5) is 25.4. The molecule has 1 saturated heterocycles. The molecule has 0 radical (unpaired) electrons. The van der Waals surface area contributed by atoms with Gasteiger partial charge < -0.3 is 10.2 Å². The first kappa shape index (κ1) is 13.5. The Labute approximate surface area is 111 Å². The van der Waals surface area contributed by atoms with E-state index in [-0.39, 0.29) is 24.2 Å². The predicted octanol–water partition coefficient (Wildman–Crippen LogP) is 1.62. The van der Waals surface area contributed by atoms with E-state index in [0.717, 1.165) is 0 Å². The molecule has 0 bridgehead atoms. The van der Waals surface area contributed by atoms with Crippen molar-refractivity contribution >= 4 is 11.8 Å². The molecule has 0 saturated carbocycles. The molecule has 2 amide bonds. The molecule has 0 aromatic heterocycles. The summed E-state index contributed by atoms with van der Waals surface area (Å²) in [5, 5.41) is 2.63. The Balaban J connectivity index is 2.33. The monoisotopic (exact) mass is 264 g/mol. The second kappa shape index (κ2) is 4.64. The minimum Gasteiger partial charge on any atom is -0.341 e. The van der Waals surface area contributed by atoms with Gasteiger partial charge in [-0.1, -0.05) is 18.2 Å². The molecule has 1 unspecified atom stereocenters. The second-order valence-electron chi connectivity index (χ2n) is 5.30. The van der Waals surface area contributed by atoms with Gasteiger partial charge in [0.1, 0.15) is 17.9 Å². The van der Waals surface area contributed by atoms with Gasteiger partial charge in [0.15, 0.2) is 0 Å². The van der Waals surface area contributed by atoms with Crippen LogP contribution in [0.4, 0.5) is 4.39 Å². The molecule has 5 heteroatoms. The molecule has 2 rings (SSSR count). The molecular weight excluding hydrogens is 247 g/mol. The van der Waals surface area contributed by atoms with Gasteiger partial charge in [0, 0.05) is 5.56 Å². The lowest BCUT2D eigenvalue weighted by atomic mass is 9.97. The topological polar surface area (TPSA) is 49.4 Å². The number of rotatable bonds is 2. The van der Waals surface area contributed by atoms with Crippen molar-refractivity contribution in [1.29, 1.82) is 0 Å². The van der Waals surface area contributed by atoms with Gasteiger partial charge in [0.25, 0.3) is 0 Å².